The van der Waals surface area contributed by atoms with E-state index in [4.69, 9.17) is 5.11 Å². The van der Waals surface area contributed by atoms with Crippen LogP contribution in [0, 0.1) is 6.92 Å². The molecule has 76 valence electrons. The van der Waals surface area contributed by atoms with Crippen molar-refractivity contribution in [1.29, 1.82) is 0 Å². The van der Waals surface area contributed by atoms with E-state index in [1.807, 2.05) is 0 Å². The standard InChI is InChI=1S/C9H12N2O2S/c1-5-7(9(12)13)14-8(11-5)6-2-3-10-4-6/h6,10H,2-4H2,1H3,(H,12,13)/t6-/m0/s1. The van der Waals surface area contributed by atoms with Crippen molar-refractivity contribution in [1.82, 2.24) is 10.3 Å². The molecule has 14 heavy (non-hydrogen) atoms. The van der Waals surface area contributed by atoms with Gasteiger partial charge in [0.25, 0.3) is 0 Å². The van der Waals surface area contributed by atoms with Crippen molar-refractivity contribution < 1.29 is 9.90 Å². The van der Waals surface area contributed by atoms with Gasteiger partial charge in [-0.15, -0.1) is 11.3 Å². The highest BCUT2D eigenvalue weighted by Crippen LogP contribution is 2.28. The van der Waals surface area contributed by atoms with Crippen LogP contribution in [0.2, 0.25) is 0 Å². The molecule has 0 radical (unpaired) electrons. The first kappa shape index (κ1) is 9.61. The van der Waals surface area contributed by atoms with E-state index in [1.165, 1.54) is 11.3 Å². The summed E-state index contributed by atoms with van der Waals surface area (Å²) in [6, 6.07) is 0. The van der Waals surface area contributed by atoms with Crippen LogP contribution in [0.4, 0.5) is 0 Å². The van der Waals surface area contributed by atoms with Crippen LogP contribution in [0.3, 0.4) is 0 Å². The molecule has 1 aliphatic rings. The third-order valence-corrected chi connectivity index (χ3v) is 3.72. The molecule has 0 aliphatic carbocycles. The second kappa shape index (κ2) is 3.67. The summed E-state index contributed by atoms with van der Waals surface area (Å²) in [4.78, 5) is 15.5. The molecule has 0 aromatic carbocycles. The first-order valence-electron chi connectivity index (χ1n) is 4.60. The van der Waals surface area contributed by atoms with E-state index in [-0.39, 0.29) is 0 Å². The van der Waals surface area contributed by atoms with Gasteiger partial charge in [0.05, 0.1) is 10.7 Å². The summed E-state index contributed by atoms with van der Waals surface area (Å²) in [5.41, 5.74) is 0.643. The maximum atomic E-state index is 10.8. The van der Waals surface area contributed by atoms with Gasteiger partial charge in [0, 0.05) is 12.5 Å². The van der Waals surface area contributed by atoms with E-state index in [1.54, 1.807) is 6.92 Å². The van der Waals surface area contributed by atoms with Gasteiger partial charge in [0.15, 0.2) is 0 Å². The minimum atomic E-state index is -0.864. The second-order valence-electron chi connectivity index (χ2n) is 3.46. The molecule has 1 aliphatic heterocycles. The van der Waals surface area contributed by atoms with Crippen LogP contribution in [0.5, 0.6) is 0 Å². The molecular weight excluding hydrogens is 200 g/mol. The molecular formula is C9H12N2O2S. The zero-order valence-corrected chi connectivity index (χ0v) is 8.73. The number of aromatic nitrogens is 1. The van der Waals surface area contributed by atoms with Crippen LogP contribution in [0.15, 0.2) is 0 Å². The molecule has 2 N–H and O–H groups in total. The molecule has 1 fully saturated rings. The quantitative estimate of drug-likeness (QED) is 0.774. The normalized spacial score (nSPS) is 21.4. The fourth-order valence-electron chi connectivity index (χ4n) is 1.66. The number of carbonyl (C=O) groups is 1. The Hall–Kier alpha value is -0.940. The van der Waals surface area contributed by atoms with Gasteiger partial charge in [-0.3, -0.25) is 0 Å². The number of aryl methyl sites for hydroxylation is 1. The topological polar surface area (TPSA) is 62.2 Å². The zero-order chi connectivity index (χ0) is 10.1. The van der Waals surface area contributed by atoms with Gasteiger partial charge < -0.3 is 10.4 Å². The third-order valence-electron chi connectivity index (χ3n) is 2.42. The summed E-state index contributed by atoms with van der Waals surface area (Å²) >= 11 is 1.31. The largest absolute Gasteiger partial charge is 0.477 e. The number of rotatable bonds is 2. The van der Waals surface area contributed by atoms with Gasteiger partial charge in [-0.05, 0) is 19.9 Å². The monoisotopic (exact) mass is 212 g/mol. The summed E-state index contributed by atoms with van der Waals surface area (Å²) in [6.45, 7) is 3.68. The zero-order valence-electron chi connectivity index (χ0n) is 7.91. The van der Waals surface area contributed by atoms with Crippen molar-refractivity contribution in [2.75, 3.05) is 13.1 Å². The number of carboxylic acids is 1. The van der Waals surface area contributed by atoms with Crippen LogP contribution in [0.1, 0.15) is 32.7 Å². The van der Waals surface area contributed by atoms with Crippen LogP contribution in [0.25, 0.3) is 0 Å². The Balaban J connectivity index is 2.27. The molecule has 5 heteroatoms. The summed E-state index contributed by atoms with van der Waals surface area (Å²) in [6.07, 6.45) is 1.06. The lowest BCUT2D eigenvalue weighted by Gasteiger charge is -2.01. The molecule has 0 amide bonds. The number of hydrogen-bond donors (Lipinski definition) is 2. The van der Waals surface area contributed by atoms with Crippen molar-refractivity contribution in [2.24, 2.45) is 0 Å². The molecule has 1 saturated heterocycles. The Labute approximate surface area is 86.0 Å². The number of thiazole rings is 1. The van der Waals surface area contributed by atoms with Crippen molar-refractivity contribution in [2.45, 2.75) is 19.3 Å². The highest BCUT2D eigenvalue weighted by atomic mass is 32.1. The Bertz CT molecular complexity index is 356. The minimum Gasteiger partial charge on any atom is -0.477 e. The molecule has 0 saturated carbocycles. The molecule has 4 nitrogen and oxygen atoms in total. The Kier molecular flexibility index (Phi) is 2.52. The Morgan fingerprint density at radius 1 is 1.71 bits per heavy atom. The molecule has 1 aromatic heterocycles. The number of nitrogens with zero attached hydrogens (tertiary/aromatic N) is 1. The van der Waals surface area contributed by atoms with Crippen molar-refractivity contribution in [3.63, 3.8) is 0 Å². The first-order chi connectivity index (χ1) is 6.68. The highest BCUT2D eigenvalue weighted by molar-refractivity contribution is 7.13. The Morgan fingerprint density at radius 2 is 2.50 bits per heavy atom. The highest BCUT2D eigenvalue weighted by Gasteiger charge is 2.23. The van der Waals surface area contributed by atoms with Crippen molar-refractivity contribution in [3.8, 4) is 0 Å². The molecule has 2 heterocycles. The summed E-state index contributed by atoms with van der Waals surface area (Å²) in [7, 11) is 0. The second-order valence-corrected chi connectivity index (χ2v) is 4.49. The maximum Gasteiger partial charge on any atom is 0.347 e. The predicted molar refractivity (Wildman–Crippen MR) is 54.0 cm³/mol. The van der Waals surface area contributed by atoms with E-state index in [0.717, 1.165) is 24.5 Å². The average molecular weight is 212 g/mol. The average Bonchev–Trinajstić information content (AvgIpc) is 2.70. The molecule has 1 atom stereocenters. The maximum absolute atomic E-state index is 10.8. The van der Waals surface area contributed by atoms with Gasteiger partial charge in [0.2, 0.25) is 0 Å². The minimum absolute atomic E-state index is 0.381. The van der Waals surface area contributed by atoms with Gasteiger partial charge in [-0.2, -0.15) is 0 Å². The first-order valence-corrected chi connectivity index (χ1v) is 5.41. The molecule has 0 unspecified atom stereocenters. The van der Waals surface area contributed by atoms with Crippen LogP contribution in [-0.2, 0) is 0 Å². The van der Waals surface area contributed by atoms with E-state index in [2.05, 4.69) is 10.3 Å². The molecule has 0 bridgehead atoms. The van der Waals surface area contributed by atoms with Gasteiger partial charge in [0.1, 0.15) is 4.88 Å². The van der Waals surface area contributed by atoms with E-state index in [9.17, 15) is 4.79 Å². The number of aromatic carboxylic acids is 1. The number of hydrogen-bond acceptors (Lipinski definition) is 4. The molecule has 1 aromatic rings. The summed E-state index contributed by atoms with van der Waals surface area (Å²) in [5, 5.41) is 13.1. The fourth-order valence-corrected chi connectivity index (χ4v) is 2.70. The molecule has 0 spiro atoms. The SMILES string of the molecule is Cc1nc([C@H]2CCNC2)sc1C(=O)O. The van der Waals surface area contributed by atoms with Gasteiger partial charge in [-0.1, -0.05) is 0 Å². The van der Waals surface area contributed by atoms with Gasteiger partial charge in [-0.25, -0.2) is 9.78 Å². The summed E-state index contributed by atoms with van der Waals surface area (Å²) in [5.74, 6) is -0.455. The lowest BCUT2D eigenvalue weighted by Crippen LogP contribution is -2.07. The predicted octanol–water partition coefficient (Wildman–Crippen LogP) is 1.23. The third kappa shape index (κ3) is 1.65. The van der Waals surface area contributed by atoms with Gasteiger partial charge >= 0.3 is 5.97 Å². The van der Waals surface area contributed by atoms with Crippen LogP contribution < -0.4 is 5.32 Å². The van der Waals surface area contributed by atoms with Crippen molar-refractivity contribution in [3.05, 3.63) is 15.6 Å². The lowest BCUT2D eigenvalue weighted by molar-refractivity contribution is 0.0701. The van der Waals surface area contributed by atoms with E-state index in [0.29, 0.717) is 16.5 Å². The number of nitrogens with one attached hydrogen (secondary N) is 1. The number of carboxylic acid groups (broad SMARTS) is 1. The lowest BCUT2D eigenvalue weighted by atomic mass is 10.1. The van der Waals surface area contributed by atoms with Crippen molar-refractivity contribution >= 4 is 17.3 Å². The molecule has 2 rings (SSSR count). The van der Waals surface area contributed by atoms with E-state index < -0.39 is 5.97 Å². The van der Waals surface area contributed by atoms with Crippen LogP contribution in [-0.4, -0.2) is 29.1 Å². The van der Waals surface area contributed by atoms with Crippen LogP contribution >= 0.6 is 11.3 Å². The van der Waals surface area contributed by atoms with E-state index >= 15 is 0 Å². The Morgan fingerprint density at radius 3 is 3.00 bits per heavy atom. The smallest absolute Gasteiger partial charge is 0.347 e. The fraction of sp³-hybridized carbons (Fsp3) is 0.556. The summed E-state index contributed by atoms with van der Waals surface area (Å²) < 4.78 is 0.